The number of carboxylic acids is 1. The van der Waals surface area contributed by atoms with Crippen molar-refractivity contribution in [3.8, 4) is 0 Å². The summed E-state index contributed by atoms with van der Waals surface area (Å²) in [7, 11) is 0. The number of β-lactam (4-membered cyclic amide) rings is 1. The van der Waals surface area contributed by atoms with E-state index in [9.17, 15) is 19.5 Å². The minimum absolute atomic E-state index is 0.0261. The van der Waals surface area contributed by atoms with Crippen molar-refractivity contribution in [1.29, 1.82) is 0 Å². The molecule has 9 heteroatoms. The highest BCUT2D eigenvalue weighted by Crippen LogP contribution is 2.41. The van der Waals surface area contributed by atoms with Crippen LogP contribution in [0.5, 0.6) is 0 Å². The number of amides is 2. The molecule has 0 aromatic carbocycles. The lowest BCUT2D eigenvalue weighted by molar-refractivity contribution is -0.684. The molecule has 2 amide bonds. The van der Waals surface area contributed by atoms with Crippen LogP contribution in [-0.2, 0) is 20.9 Å². The second-order valence-electron chi connectivity index (χ2n) is 5.45. The van der Waals surface area contributed by atoms with Crippen molar-refractivity contribution in [3.05, 3.63) is 35.8 Å². The smallest absolute Gasteiger partial charge is 0.352 e. The van der Waals surface area contributed by atoms with Crippen LogP contribution in [0.4, 0.5) is 0 Å². The molecule has 1 saturated heterocycles. The lowest BCUT2D eigenvalue weighted by Crippen LogP contribution is -2.54. The highest BCUT2D eigenvalue weighted by Gasteiger charge is 2.45. The average molecular weight is 366 g/mol. The number of aromatic nitrogens is 1. The Bertz CT molecular complexity index is 733. The fourth-order valence-corrected chi connectivity index (χ4v) is 4.87. The van der Waals surface area contributed by atoms with Gasteiger partial charge in [-0.05, 0) is 5.57 Å². The van der Waals surface area contributed by atoms with Gasteiger partial charge in [0.05, 0.1) is 11.8 Å². The van der Waals surface area contributed by atoms with Gasteiger partial charge in [0.25, 0.3) is 5.91 Å². The van der Waals surface area contributed by atoms with E-state index in [0.29, 0.717) is 17.9 Å². The topological polar surface area (TPSA) is 105 Å². The van der Waals surface area contributed by atoms with Crippen molar-refractivity contribution in [1.82, 2.24) is 4.90 Å². The van der Waals surface area contributed by atoms with Crippen LogP contribution in [0, 0.1) is 0 Å². The zero-order valence-corrected chi connectivity index (χ0v) is 14.3. The quantitative estimate of drug-likeness (QED) is 0.423. The summed E-state index contributed by atoms with van der Waals surface area (Å²) in [6.45, 7) is 0.119. The summed E-state index contributed by atoms with van der Waals surface area (Å²) in [5.41, 5.74) is 6.04. The minimum atomic E-state index is -1.05. The first-order valence-electron chi connectivity index (χ1n) is 7.25. The summed E-state index contributed by atoms with van der Waals surface area (Å²) in [4.78, 5) is 36.5. The molecule has 3 heterocycles. The molecule has 0 unspecified atom stereocenters. The lowest BCUT2D eigenvalue weighted by Gasteiger charge is -2.44. The Kier molecular flexibility index (Phi) is 4.81. The van der Waals surface area contributed by atoms with E-state index in [2.05, 4.69) is 0 Å². The molecule has 0 spiro atoms. The Morgan fingerprint density at radius 1 is 1.42 bits per heavy atom. The molecule has 0 aliphatic carbocycles. The van der Waals surface area contributed by atoms with E-state index in [1.54, 1.807) is 28.7 Å². The van der Waals surface area contributed by atoms with Crippen molar-refractivity contribution in [2.45, 2.75) is 23.2 Å². The molecular weight excluding hydrogens is 350 g/mol. The first-order chi connectivity index (χ1) is 11.5. The molecule has 2 aliphatic heterocycles. The van der Waals surface area contributed by atoms with Gasteiger partial charge in [-0.2, -0.15) is 4.57 Å². The van der Waals surface area contributed by atoms with Crippen molar-refractivity contribution in [2.75, 3.05) is 11.5 Å². The minimum Gasteiger partial charge on any atom is -0.477 e. The lowest BCUT2D eigenvalue weighted by atomic mass is 10.1. The first kappa shape index (κ1) is 16.8. The van der Waals surface area contributed by atoms with E-state index in [4.69, 9.17) is 5.73 Å². The molecule has 126 valence electrons. The number of aliphatic carboxylic acids is 1. The molecule has 0 bridgehead atoms. The van der Waals surface area contributed by atoms with Crippen molar-refractivity contribution < 1.29 is 24.1 Å². The van der Waals surface area contributed by atoms with E-state index >= 15 is 0 Å². The van der Waals surface area contributed by atoms with Gasteiger partial charge in [-0.15, -0.1) is 23.5 Å². The van der Waals surface area contributed by atoms with Gasteiger partial charge >= 0.3 is 5.97 Å². The van der Waals surface area contributed by atoms with Crippen molar-refractivity contribution in [3.63, 3.8) is 0 Å². The maximum absolute atomic E-state index is 11.7. The summed E-state index contributed by atoms with van der Waals surface area (Å²) in [5.74, 6) is -0.456. The van der Waals surface area contributed by atoms with Gasteiger partial charge in [-0.25, -0.2) is 4.79 Å². The predicted molar refractivity (Wildman–Crippen MR) is 88.9 cm³/mol. The molecule has 1 aromatic heterocycles. The van der Waals surface area contributed by atoms with Crippen LogP contribution in [0.3, 0.4) is 0 Å². The average Bonchev–Trinajstić information content (AvgIpc) is 2.52. The maximum atomic E-state index is 11.7. The number of thioether (sulfide) groups is 2. The summed E-state index contributed by atoms with van der Waals surface area (Å²) in [5, 5.41) is 9.42. The molecule has 3 rings (SSSR count). The largest absolute Gasteiger partial charge is 0.477 e. The number of nitrogens with two attached hydrogens (primary N) is 1. The number of hydrogen-bond acceptors (Lipinski definition) is 5. The van der Waals surface area contributed by atoms with Gasteiger partial charge in [-0.3, -0.25) is 14.5 Å². The van der Waals surface area contributed by atoms with Crippen LogP contribution in [0.25, 0.3) is 0 Å². The van der Waals surface area contributed by atoms with Crippen molar-refractivity contribution in [2.24, 2.45) is 5.73 Å². The summed E-state index contributed by atoms with van der Waals surface area (Å²) in [6, 6.07) is 3.70. The summed E-state index contributed by atoms with van der Waals surface area (Å²) < 4.78 is 1.67. The van der Waals surface area contributed by atoms with E-state index < -0.39 is 11.9 Å². The Morgan fingerprint density at radius 3 is 2.71 bits per heavy atom. The van der Waals surface area contributed by atoms with E-state index in [0.717, 1.165) is 10.5 Å². The van der Waals surface area contributed by atoms with Crippen LogP contribution < -0.4 is 10.3 Å². The zero-order chi connectivity index (χ0) is 17.3. The van der Waals surface area contributed by atoms with E-state index in [1.807, 2.05) is 12.1 Å². The monoisotopic (exact) mass is 366 g/mol. The molecule has 2 aliphatic rings. The number of carboxylic acid groups (broad SMARTS) is 1. The van der Waals surface area contributed by atoms with Gasteiger partial charge in [0.2, 0.25) is 12.5 Å². The second-order valence-corrected chi connectivity index (χ2v) is 7.67. The molecule has 1 fully saturated rings. The third kappa shape index (κ3) is 3.41. The Hall–Kier alpha value is -2.00. The van der Waals surface area contributed by atoms with E-state index in [1.165, 1.54) is 16.7 Å². The standard InChI is InChI=1S/C15H15N3O4S2/c16-11(19)6-17-3-1-10(2-4-17)23-7-9-8-24-13-5-12(20)18(13)14(9)15(21)22/h1-4,13H,5-8H2,(H2-,16,19,21,22)/p+1/t13-/m0/s1. The predicted octanol–water partition coefficient (Wildman–Crippen LogP) is 0.195. The number of pyridine rings is 1. The fourth-order valence-electron chi connectivity index (χ4n) is 2.58. The normalized spacial score (nSPS) is 19.8. The van der Waals surface area contributed by atoms with E-state index in [-0.39, 0.29) is 23.5 Å². The number of carbonyl (C=O) groups is 3. The van der Waals surface area contributed by atoms with Crippen LogP contribution in [-0.4, -0.2) is 44.7 Å². The van der Waals surface area contributed by atoms with Gasteiger partial charge < -0.3 is 10.8 Å². The Balaban J connectivity index is 1.70. The Labute approximate surface area is 146 Å². The number of carbonyl (C=O) groups excluding carboxylic acids is 2. The second kappa shape index (κ2) is 6.86. The number of rotatable bonds is 6. The third-order valence-electron chi connectivity index (χ3n) is 3.75. The maximum Gasteiger partial charge on any atom is 0.352 e. The zero-order valence-electron chi connectivity index (χ0n) is 12.7. The first-order valence-corrected chi connectivity index (χ1v) is 9.28. The van der Waals surface area contributed by atoms with Gasteiger partial charge in [0, 0.05) is 28.5 Å². The van der Waals surface area contributed by atoms with Gasteiger partial charge in [-0.1, -0.05) is 0 Å². The molecule has 1 atom stereocenters. The fraction of sp³-hybridized carbons (Fsp3) is 0.333. The molecule has 1 aromatic rings. The SMILES string of the molecule is NC(=O)C[n+]1ccc(SCC2=C(C(=O)O)N3C(=O)C[C@@H]3SC2)cc1. The third-order valence-corrected chi connectivity index (χ3v) is 6.12. The number of nitrogens with zero attached hydrogens (tertiary/aromatic N) is 2. The van der Waals surface area contributed by atoms with Crippen LogP contribution in [0.1, 0.15) is 6.42 Å². The molecule has 3 N–H and O–H groups in total. The molecule has 7 nitrogen and oxygen atoms in total. The molecule has 0 radical (unpaired) electrons. The molecule has 0 saturated carbocycles. The van der Waals surface area contributed by atoms with Gasteiger partial charge in [0.1, 0.15) is 5.70 Å². The summed E-state index contributed by atoms with van der Waals surface area (Å²) >= 11 is 3.11. The van der Waals surface area contributed by atoms with Crippen LogP contribution in [0.15, 0.2) is 40.7 Å². The van der Waals surface area contributed by atoms with Crippen LogP contribution in [0.2, 0.25) is 0 Å². The van der Waals surface area contributed by atoms with Gasteiger partial charge in [0.15, 0.2) is 12.4 Å². The number of hydrogen-bond donors (Lipinski definition) is 2. The molecular formula is C15H16N3O4S2+. The summed E-state index contributed by atoms with van der Waals surface area (Å²) in [6.07, 6.45) is 3.93. The Morgan fingerprint density at radius 2 is 2.12 bits per heavy atom. The van der Waals surface area contributed by atoms with Crippen LogP contribution >= 0.6 is 23.5 Å². The molecule has 24 heavy (non-hydrogen) atoms. The highest BCUT2D eigenvalue weighted by atomic mass is 32.2. The highest BCUT2D eigenvalue weighted by molar-refractivity contribution is 8.01. The number of primary amides is 1. The van der Waals surface area contributed by atoms with Crippen molar-refractivity contribution >= 4 is 41.3 Å². The number of fused-ring (bicyclic) bond motifs is 1.